The van der Waals surface area contributed by atoms with Crippen LogP contribution in [0.4, 0.5) is 0 Å². The maximum atomic E-state index is 4.60. The summed E-state index contributed by atoms with van der Waals surface area (Å²) in [6, 6.07) is 12.1. The molecule has 0 radical (unpaired) electrons. The first-order valence-corrected chi connectivity index (χ1v) is 9.59. The predicted octanol–water partition coefficient (Wildman–Crippen LogP) is 3.87. The minimum Gasteiger partial charge on any atom is -0.295 e. The maximum Gasteiger partial charge on any atom is 0.123 e. The van der Waals surface area contributed by atoms with Crippen molar-refractivity contribution < 1.29 is 0 Å². The van der Waals surface area contributed by atoms with Gasteiger partial charge in [0, 0.05) is 48.4 Å². The Bertz CT molecular complexity index is 633. The highest BCUT2D eigenvalue weighted by Gasteiger charge is 2.35. The Labute approximate surface area is 143 Å². The van der Waals surface area contributed by atoms with E-state index in [2.05, 4.69) is 58.2 Å². The van der Waals surface area contributed by atoms with Gasteiger partial charge >= 0.3 is 0 Å². The van der Waals surface area contributed by atoms with Crippen molar-refractivity contribution in [1.82, 2.24) is 14.8 Å². The van der Waals surface area contributed by atoms with E-state index in [9.17, 15) is 0 Å². The van der Waals surface area contributed by atoms with Crippen LogP contribution in [0.3, 0.4) is 0 Å². The zero-order valence-electron chi connectivity index (χ0n) is 13.8. The Balaban J connectivity index is 1.32. The lowest BCUT2D eigenvalue weighted by Crippen LogP contribution is -2.61. The van der Waals surface area contributed by atoms with Crippen LogP contribution in [0.25, 0.3) is 10.6 Å². The summed E-state index contributed by atoms with van der Waals surface area (Å²) in [4.78, 5) is 11.3. The number of likely N-dealkylation sites (tertiary alicyclic amines) is 2. The van der Waals surface area contributed by atoms with Crippen LogP contribution >= 0.6 is 11.3 Å². The van der Waals surface area contributed by atoms with Crippen LogP contribution in [-0.2, 0) is 6.54 Å². The van der Waals surface area contributed by atoms with Gasteiger partial charge in [0.2, 0.25) is 0 Å². The summed E-state index contributed by atoms with van der Waals surface area (Å²) >= 11 is 1.83. The van der Waals surface area contributed by atoms with Crippen LogP contribution in [0.5, 0.6) is 0 Å². The largest absolute Gasteiger partial charge is 0.295 e. The number of nitrogens with zero attached hydrogens (tertiary/aromatic N) is 3. The summed E-state index contributed by atoms with van der Waals surface area (Å²) in [6.07, 6.45) is 6.24. The average molecular weight is 327 g/mol. The molecule has 122 valence electrons. The van der Waals surface area contributed by atoms with Gasteiger partial charge in [0.05, 0.1) is 0 Å². The zero-order chi connectivity index (χ0) is 15.6. The second-order valence-corrected chi connectivity index (χ2v) is 8.04. The minimum absolute atomic E-state index is 0.781. The molecule has 0 spiro atoms. The van der Waals surface area contributed by atoms with Crippen LogP contribution in [0, 0.1) is 0 Å². The lowest BCUT2D eigenvalue weighted by atomic mass is 9.97. The van der Waals surface area contributed by atoms with Gasteiger partial charge in [-0.05, 0) is 26.3 Å². The SMILES string of the molecule is CC1CCCCN1C1CN(Cc2cnc(-c3ccccc3)s2)C1. The second-order valence-electron chi connectivity index (χ2n) is 6.93. The molecular formula is C19H25N3S. The van der Waals surface area contributed by atoms with Crippen molar-refractivity contribution >= 4 is 11.3 Å². The third kappa shape index (κ3) is 3.35. The first kappa shape index (κ1) is 15.3. The molecule has 3 nitrogen and oxygen atoms in total. The van der Waals surface area contributed by atoms with E-state index in [1.165, 1.54) is 49.3 Å². The van der Waals surface area contributed by atoms with E-state index in [-0.39, 0.29) is 0 Å². The molecule has 2 saturated heterocycles. The van der Waals surface area contributed by atoms with Crippen molar-refractivity contribution in [3.05, 3.63) is 41.4 Å². The quantitative estimate of drug-likeness (QED) is 0.850. The maximum absolute atomic E-state index is 4.60. The molecule has 1 atom stereocenters. The number of aromatic nitrogens is 1. The third-order valence-corrected chi connectivity index (χ3v) is 6.25. The summed E-state index contributed by atoms with van der Waals surface area (Å²) in [5.41, 5.74) is 1.23. The van der Waals surface area contributed by atoms with Crippen LogP contribution in [0.15, 0.2) is 36.5 Å². The molecular weight excluding hydrogens is 302 g/mol. The number of benzene rings is 1. The highest BCUT2D eigenvalue weighted by Crippen LogP contribution is 2.29. The fourth-order valence-electron chi connectivity index (χ4n) is 3.86. The molecule has 0 bridgehead atoms. The highest BCUT2D eigenvalue weighted by molar-refractivity contribution is 7.15. The van der Waals surface area contributed by atoms with Crippen LogP contribution in [-0.4, -0.2) is 46.5 Å². The Morgan fingerprint density at radius 1 is 1.17 bits per heavy atom. The van der Waals surface area contributed by atoms with Crippen molar-refractivity contribution in [3.63, 3.8) is 0 Å². The van der Waals surface area contributed by atoms with Gasteiger partial charge in [-0.1, -0.05) is 36.8 Å². The van der Waals surface area contributed by atoms with E-state index in [1.807, 2.05) is 11.3 Å². The molecule has 0 saturated carbocycles. The molecule has 2 aliphatic heterocycles. The van der Waals surface area contributed by atoms with E-state index in [1.54, 1.807) is 0 Å². The molecule has 2 aromatic rings. The van der Waals surface area contributed by atoms with Crippen molar-refractivity contribution in [1.29, 1.82) is 0 Å². The van der Waals surface area contributed by atoms with Gasteiger partial charge < -0.3 is 0 Å². The standard InChI is InChI=1S/C19H25N3S/c1-15-7-5-6-10-22(15)17-12-21(13-17)14-18-11-20-19(23-18)16-8-3-2-4-9-16/h2-4,8-9,11,15,17H,5-7,10,12-14H2,1H3. The van der Waals surface area contributed by atoms with E-state index >= 15 is 0 Å². The van der Waals surface area contributed by atoms with Crippen molar-refractivity contribution in [2.24, 2.45) is 0 Å². The first-order valence-electron chi connectivity index (χ1n) is 8.78. The predicted molar refractivity (Wildman–Crippen MR) is 96.6 cm³/mol. The van der Waals surface area contributed by atoms with E-state index in [4.69, 9.17) is 0 Å². The van der Waals surface area contributed by atoms with Gasteiger partial charge in [0.1, 0.15) is 5.01 Å². The molecule has 3 heterocycles. The summed E-state index contributed by atoms with van der Waals surface area (Å²) in [5.74, 6) is 0. The summed E-state index contributed by atoms with van der Waals surface area (Å²) in [7, 11) is 0. The molecule has 4 rings (SSSR count). The number of hydrogen-bond acceptors (Lipinski definition) is 4. The van der Waals surface area contributed by atoms with Crippen molar-refractivity contribution in [3.8, 4) is 10.6 Å². The molecule has 0 aliphatic carbocycles. The average Bonchev–Trinajstić information content (AvgIpc) is 3.01. The van der Waals surface area contributed by atoms with E-state index < -0.39 is 0 Å². The van der Waals surface area contributed by atoms with Gasteiger partial charge in [-0.2, -0.15) is 0 Å². The molecule has 4 heteroatoms. The van der Waals surface area contributed by atoms with Crippen LogP contribution < -0.4 is 0 Å². The zero-order valence-corrected chi connectivity index (χ0v) is 14.6. The molecule has 2 fully saturated rings. The Hall–Kier alpha value is -1.23. The fourth-order valence-corrected chi connectivity index (χ4v) is 4.82. The Morgan fingerprint density at radius 2 is 2.00 bits per heavy atom. The smallest absolute Gasteiger partial charge is 0.123 e. The van der Waals surface area contributed by atoms with Gasteiger partial charge in [0.15, 0.2) is 0 Å². The second kappa shape index (κ2) is 6.71. The van der Waals surface area contributed by atoms with Gasteiger partial charge in [0.25, 0.3) is 0 Å². The van der Waals surface area contributed by atoms with Crippen molar-refractivity contribution in [2.75, 3.05) is 19.6 Å². The number of piperidine rings is 1. The molecule has 2 aliphatic rings. The number of thiazole rings is 1. The Morgan fingerprint density at radius 3 is 2.78 bits per heavy atom. The third-order valence-electron chi connectivity index (χ3n) is 5.22. The normalized spacial score (nSPS) is 23.8. The lowest BCUT2D eigenvalue weighted by molar-refractivity contribution is -0.00577. The molecule has 1 unspecified atom stereocenters. The van der Waals surface area contributed by atoms with Gasteiger partial charge in [-0.15, -0.1) is 11.3 Å². The molecule has 0 amide bonds. The molecule has 0 N–H and O–H groups in total. The topological polar surface area (TPSA) is 19.4 Å². The number of rotatable bonds is 4. The fraction of sp³-hybridized carbons (Fsp3) is 0.526. The van der Waals surface area contributed by atoms with E-state index in [0.717, 1.165) is 23.6 Å². The highest BCUT2D eigenvalue weighted by atomic mass is 32.1. The van der Waals surface area contributed by atoms with Gasteiger partial charge in [-0.3, -0.25) is 9.80 Å². The lowest BCUT2D eigenvalue weighted by Gasteiger charge is -2.49. The summed E-state index contributed by atoms with van der Waals surface area (Å²) in [6.45, 7) is 7.21. The molecule has 1 aromatic carbocycles. The van der Waals surface area contributed by atoms with Crippen LogP contribution in [0.1, 0.15) is 31.1 Å². The first-order chi connectivity index (χ1) is 11.3. The minimum atomic E-state index is 0.781. The van der Waals surface area contributed by atoms with Crippen LogP contribution in [0.2, 0.25) is 0 Å². The Kier molecular flexibility index (Phi) is 4.47. The van der Waals surface area contributed by atoms with E-state index in [0.29, 0.717) is 0 Å². The van der Waals surface area contributed by atoms with Crippen molar-refractivity contribution in [2.45, 2.75) is 44.8 Å². The van der Waals surface area contributed by atoms with Gasteiger partial charge in [-0.25, -0.2) is 4.98 Å². The molecule has 1 aromatic heterocycles. The summed E-state index contributed by atoms with van der Waals surface area (Å²) < 4.78 is 0. The number of hydrogen-bond donors (Lipinski definition) is 0. The summed E-state index contributed by atoms with van der Waals surface area (Å²) in [5, 5.41) is 1.14. The monoisotopic (exact) mass is 327 g/mol. The molecule has 23 heavy (non-hydrogen) atoms.